The normalized spacial score (nSPS) is 10.9. The monoisotopic (exact) mass is 549 g/mol. The van der Waals surface area contributed by atoms with Crippen LogP contribution in [0.15, 0.2) is 70.9 Å². The number of hydrogen-bond acceptors (Lipinski definition) is 10. The summed E-state index contributed by atoms with van der Waals surface area (Å²) < 4.78 is 23.4. The van der Waals surface area contributed by atoms with Gasteiger partial charge in [-0.3, -0.25) is 9.36 Å². The van der Waals surface area contributed by atoms with Gasteiger partial charge in [0.15, 0.2) is 22.5 Å². The molecule has 0 radical (unpaired) electrons. The van der Waals surface area contributed by atoms with Crippen molar-refractivity contribution in [1.82, 2.24) is 20.2 Å². The standard InChI is InChI=1S/C27H27N5O6S/c1-35-20-10-11-21(33)18(12-20)15-28-29-24(34)16-39-27-31-30-26(32(27)19-8-6-5-7-9-19)17-13-22(36-2)25(38-4)23(14-17)37-3/h5-15,33H,16H2,1-4H3,(H,29,34)/b28-15+. The fourth-order valence-electron chi connectivity index (χ4n) is 3.67. The zero-order valence-corrected chi connectivity index (χ0v) is 22.6. The van der Waals surface area contributed by atoms with Crippen LogP contribution >= 0.6 is 11.8 Å². The summed E-state index contributed by atoms with van der Waals surface area (Å²) in [5.74, 6) is 2.15. The number of nitrogens with zero attached hydrogens (tertiary/aromatic N) is 4. The number of phenols is 1. The Morgan fingerprint density at radius 3 is 2.33 bits per heavy atom. The Morgan fingerprint density at radius 1 is 0.974 bits per heavy atom. The molecule has 1 aromatic heterocycles. The number of hydrogen-bond donors (Lipinski definition) is 2. The third-order valence-corrected chi connectivity index (χ3v) is 6.46. The molecule has 0 saturated carbocycles. The molecule has 1 amide bonds. The van der Waals surface area contributed by atoms with Gasteiger partial charge in [-0.05, 0) is 42.5 Å². The number of phenolic OH excluding ortho intramolecular Hbond substituents is 1. The minimum atomic E-state index is -0.365. The molecule has 0 aliphatic carbocycles. The molecule has 4 rings (SSSR count). The highest BCUT2D eigenvalue weighted by Crippen LogP contribution is 2.41. The number of carbonyl (C=O) groups is 1. The third kappa shape index (κ3) is 6.24. The summed E-state index contributed by atoms with van der Waals surface area (Å²) in [7, 11) is 6.14. The first-order valence-corrected chi connectivity index (χ1v) is 12.6. The van der Waals surface area contributed by atoms with Crippen LogP contribution in [-0.2, 0) is 4.79 Å². The molecule has 0 saturated heterocycles. The van der Waals surface area contributed by atoms with Crippen LogP contribution in [0, 0.1) is 0 Å². The summed E-state index contributed by atoms with van der Waals surface area (Å²) in [5, 5.41) is 23.2. The molecule has 0 bridgehead atoms. The lowest BCUT2D eigenvalue weighted by molar-refractivity contribution is -0.118. The number of hydrazone groups is 1. The molecule has 0 aliphatic heterocycles. The predicted octanol–water partition coefficient (Wildman–Crippen LogP) is 3.92. The molecular weight excluding hydrogens is 522 g/mol. The van der Waals surface area contributed by atoms with Crippen LogP contribution in [0.5, 0.6) is 28.7 Å². The maximum absolute atomic E-state index is 12.5. The highest BCUT2D eigenvalue weighted by atomic mass is 32.2. The lowest BCUT2D eigenvalue weighted by Gasteiger charge is -2.15. The van der Waals surface area contributed by atoms with Crippen LogP contribution in [-0.4, -0.2) is 66.2 Å². The average Bonchev–Trinajstić information content (AvgIpc) is 3.40. The van der Waals surface area contributed by atoms with Crippen LogP contribution in [0.25, 0.3) is 17.1 Å². The van der Waals surface area contributed by atoms with Gasteiger partial charge in [0.2, 0.25) is 5.75 Å². The number of aromatic hydroxyl groups is 1. The molecule has 0 unspecified atom stereocenters. The number of ether oxygens (including phenoxy) is 4. The Morgan fingerprint density at radius 2 is 1.69 bits per heavy atom. The Hall–Kier alpha value is -4.71. The van der Waals surface area contributed by atoms with Crippen molar-refractivity contribution >= 4 is 23.9 Å². The molecule has 12 heteroatoms. The first kappa shape index (κ1) is 27.3. The van der Waals surface area contributed by atoms with E-state index in [4.69, 9.17) is 18.9 Å². The van der Waals surface area contributed by atoms with E-state index in [2.05, 4.69) is 20.7 Å². The van der Waals surface area contributed by atoms with Crippen molar-refractivity contribution in [3.63, 3.8) is 0 Å². The number of benzene rings is 3. The molecule has 0 fully saturated rings. The number of methoxy groups -OCH3 is 4. The van der Waals surface area contributed by atoms with Crippen molar-refractivity contribution in [2.24, 2.45) is 5.10 Å². The number of aromatic nitrogens is 3. The van der Waals surface area contributed by atoms with E-state index in [1.54, 1.807) is 38.5 Å². The van der Waals surface area contributed by atoms with E-state index in [0.717, 1.165) is 5.69 Å². The largest absolute Gasteiger partial charge is 0.507 e. The first-order valence-electron chi connectivity index (χ1n) is 11.6. The van der Waals surface area contributed by atoms with E-state index >= 15 is 0 Å². The van der Waals surface area contributed by atoms with E-state index in [-0.39, 0.29) is 17.4 Å². The molecule has 11 nitrogen and oxygen atoms in total. The Balaban J connectivity index is 1.58. The van der Waals surface area contributed by atoms with Crippen molar-refractivity contribution < 1.29 is 28.8 Å². The van der Waals surface area contributed by atoms with E-state index in [0.29, 0.717) is 45.1 Å². The smallest absolute Gasteiger partial charge is 0.250 e. The number of para-hydroxylation sites is 1. The Bertz CT molecular complexity index is 1450. The molecule has 3 aromatic carbocycles. The van der Waals surface area contributed by atoms with Crippen LogP contribution in [0.1, 0.15) is 5.56 Å². The number of rotatable bonds is 11. The van der Waals surface area contributed by atoms with E-state index in [9.17, 15) is 9.90 Å². The number of nitrogens with one attached hydrogen (secondary N) is 1. The van der Waals surface area contributed by atoms with Gasteiger partial charge in [-0.15, -0.1) is 10.2 Å². The number of thioether (sulfide) groups is 1. The molecule has 0 atom stereocenters. The summed E-state index contributed by atoms with van der Waals surface area (Å²) in [6, 6.07) is 17.8. The Labute approximate surface area is 229 Å². The molecule has 2 N–H and O–H groups in total. The van der Waals surface area contributed by atoms with Crippen LogP contribution in [0.4, 0.5) is 0 Å². The Kier molecular flexibility index (Phi) is 8.90. The molecule has 39 heavy (non-hydrogen) atoms. The van der Waals surface area contributed by atoms with E-state index in [1.807, 2.05) is 34.9 Å². The van der Waals surface area contributed by atoms with Crippen LogP contribution in [0.2, 0.25) is 0 Å². The average molecular weight is 550 g/mol. The second-order valence-corrected chi connectivity index (χ2v) is 8.84. The lowest BCUT2D eigenvalue weighted by Crippen LogP contribution is -2.20. The summed E-state index contributed by atoms with van der Waals surface area (Å²) >= 11 is 1.20. The van der Waals surface area contributed by atoms with Crippen molar-refractivity contribution in [2.75, 3.05) is 34.2 Å². The van der Waals surface area contributed by atoms with Gasteiger partial charge in [0, 0.05) is 16.8 Å². The summed E-state index contributed by atoms with van der Waals surface area (Å²) in [6.07, 6.45) is 1.34. The molecule has 4 aromatic rings. The molecular formula is C27H27N5O6S. The van der Waals surface area contributed by atoms with E-state index < -0.39 is 0 Å². The van der Waals surface area contributed by atoms with Gasteiger partial charge in [-0.2, -0.15) is 5.10 Å². The van der Waals surface area contributed by atoms with Gasteiger partial charge >= 0.3 is 0 Å². The quantitative estimate of drug-likeness (QED) is 0.162. The number of carbonyl (C=O) groups excluding carboxylic acids is 1. The second-order valence-electron chi connectivity index (χ2n) is 7.90. The lowest BCUT2D eigenvalue weighted by atomic mass is 10.1. The third-order valence-electron chi connectivity index (χ3n) is 5.53. The van der Waals surface area contributed by atoms with Crippen LogP contribution in [0.3, 0.4) is 0 Å². The SMILES string of the molecule is COc1ccc(O)c(/C=N/NC(=O)CSc2nnc(-c3cc(OC)c(OC)c(OC)c3)n2-c2ccccc2)c1. The zero-order chi connectivity index (χ0) is 27.8. The van der Waals surface area contributed by atoms with Gasteiger partial charge < -0.3 is 24.1 Å². The van der Waals surface area contributed by atoms with Gasteiger partial charge in [0.1, 0.15) is 11.5 Å². The summed E-state index contributed by atoms with van der Waals surface area (Å²) in [4.78, 5) is 12.5. The van der Waals surface area contributed by atoms with Crippen molar-refractivity contribution in [3.05, 3.63) is 66.2 Å². The maximum Gasteiger partial charge on any atom is 0.250 e. The first-order chi connectivity index (χ1) is 19.0. The van der Waals surface area contributed by atoms with E-state index in [1.165, 1.54) is 38.3 Å². The van der Waals surface area contributed by atoms with Gasteiger partial charge in [0.05, 0.1) is 40.4 Å². The molecule has 0 aliphatic rings. The second kappa shape index (κ2) is 12.7. The zero-order valence-electron chi connectivity index (χ0n) is 21.7. The molecule has 202 valence electrons. The van der Waals surface area contributed by atoms with Crippen molar-refractivity contribution in [3.8, 4) is 45.8 Å². The summed E-state index contributed by atoms with van der Waals surface area (Å²) in [5.41, 5.74) is 4.35. The minimum Gasteiger partial charge on any atom is -0.507 e. The van der Waals surface area contributed by atoms with Crippen molar-refractivity contribution in [1.29, 1.82) is 0 Å². The van der Waals surface area contributed by atoms with Crippen LogP contribution < -0.4 is 24.4 Å². The van der Waals surface area contributed by atoms with Gasteiger partial charge in [-0.25, -0.2) is 5.43 Å². The van der Waals surface area contributed by atoms with Gasteiger partial charge in [-0.1, -0.05) is 30.0 Å². The predicted molar refractivity (Wildman–Crippen MR) is 148 cm³/mol. The highest BCUT2D eigenvalue weighted by molar-refractivity contribution is 7.99. The highest BCUT2D eigenvalue weighted by Gasteiger charge is 2.21. The topological polar surface area (TPSA) is 129 Å². The fraction of sp³-hybridized carbons (Fsp3) is 0.185. The summed E-state index contributed by atoms with van der Waals surface area (Å²) in [6.45, 7) is 0. The van der Waals surface area contributed by atoms with Gasteiger partial charge in [0.25, 0.3) is 5.91 Å². The molecule has 1 heterocycles. The minimum absolute atomic E-state index is 0.0125. The maximum atomic E-state index is 12.5. The molecule has 0 spiro atoms. The number of amides is 1. The van der Waals surface area contributed by atoms with Crippen molar-refractivity contribution in [2.45, 2.75) is 5.16 Å². The fourth-order valence-corrected chi connectivity index (χ4v) is 4.41.